The molecule has 0 atom stereocenters. The van der Waals surface area contributed by atoms with Crippen LogP contribution in [0.2, 0.25) is 0 Å². The average Bonchev–Trinajstić information content (AvgIpc) is 3.29. The van der Waals surface area contributed by atoms with Crippen molar-refractivity contribution in [1.29, 1.82) is 0 Å². The molecule has 0 bridgehead atoms. The summed E-state index contributed by atoms with van der Waals surface area (Å²) in [6.07, 6.45) is 0. The van der Waals surface area contributed by atoms with Gasteiger partial charge in [-0.3, -0.25) is 4.79 Å². The average molecular weight is 434 g/mol. The second-order valence-electron chi connectivity index (χ2n) is 6.75. The third-order valence-corrected chi connectivity index (χ3v) is 7.22. The van der Waals surface area contributed by atoms with Gasteiger partial charge in [-0.25, -0.2) is 8.42 Å². The van der Waals surface area contributed by atoms with Crippen molar-refractivity contribution in [1.82, 2.24) is 0 Å². The van der Waals surface area contributed by atoms with Gasteiger partial charge in [-0.15, -0.1) is 11.3 Å². The maximum atomic E-state index is 12.9. The zero-order chi connectivity index (χ0) is 21.0. The van der Waals surface area contributed by atoms with Crippen molar-refractivity contribution in [3.63, 3.8) is 0 Å². The monoisotopic (exact) mass is 433 g/mol. The Morgan fingerprint density at radius 2 is 1.60 bits per heavy atom. The van der Waals surface area contributed by atoms with Gasteiger partial charge in [-0.1, -0.05) is 54.6 Å². The van der Waals surface area contributed by atoms with Gasteiger partial charge in [0.1, 0.15) is 0 Å². The Morgan fingerprint density at radius 3 is 2.37 bits per heavy atom. The number of nitrogens with one attached hydrogen (secondary N) is 1. The van der Waals surface area contributed by atoms with E-state index in [-0.39, 0.29) is 16.6 Å². The van der Waals surface area contributed by atoms with Crippen LogP contribution in [-0.4, -0.2) is 14.3 Å². The summed E-state index contributed by atoms with van der Waals surface area (Å²) in [5.74, 6) is -0.442. The first kappa shape index (κ1) is 20.1. The van der Waals surface area contributed by atoms with E-state index in [0.29, 0.717) is 16.8 Å². The smallest absolute Gasteiger partial charge is 0.255 e. The number of rotatable bonds is 6. The van der Waals surface area contributed by atoms with E-state index in [0.717, 1.165) is 10.4 Å². The number of thiophene rings is 1. The molecule has 0 saturated carbocycles. The van der Waals surface area contributed by atoms with Crippen LogP contribution in [0.3, 0.4) is 0 Å². The Morgan fingerprint density at radius 1 is 0.833 bits per heavy atom. The van der Waals surface area contributed by atoms with Crippen LogP contribution in [0.15, 0.2) is 101 Å². The SMILES string of the molecule is O=C(Nc1ccccc1-c1cccs1)c1cccc(CS(=O)(=O)c2ccccc2)c1. The zero-order valence-corrected chi connectivity index (χ0v) is 17.6. The Labute approximate surface area is 179 Å². The normalized spacial score (nSPS) is 11.2. The van der Waals surface area contributed by atoms with Gasteiger partial charge in [0.05, 0.1) is 10.6 Å². The fraction of sp³-hybridized carbons (Fsp3) is 0.0417. The first-order valence-electron chi connectivity index (χ1n) is 9.34. The zero-order valence-electron chi connectivity index (χ0n) is 16.0. The molecule has 6 heteroatoms. The van der Waals surface area contributed by atoms with Gasteiger partial charge in [0.2, 0.25) is 0 Å². The molecule has 0 fully saturated rings. The minimum absolute atomic E-state index is 0.163. The van der Waals surface area contributed by atoms with Crippen LogP contribution >= 0.6 is 11.3 Å². The third-order valence-electron chi connectivity index (χ3n) is 4.61. The largest absolute Gasteiger partial charge is 0.321 e. The lowest BCUT2D eigenvalue weighted by Crippen LogP contribution is -2.13. The predicted octanol–water partition coefficient (Wildman–Crippen LogP) is 5.64. The molecule has 0 unspecified atom stereocenters. The van der Waals surface area contributed by atoms with E-state index in [1.165, 1.54) is 0 Å². The van der Waals surface area contributed by atoms with Crippen LogP contribution in [0, 0.1) is 0 Å². The summed E-state index contributed by atoms with van der Waals surface area (Å²) < 4.78 is 25.3. The number of carbonyl (C=O) groups excluding carboxylic acids is 1. The minimum atomic E-state index is -3.48. The molecule has 4 rings (SSSR count). The summed E-state index contributed by atoms with van der Waals surface area (Å²) in [6, 6.07) is 26.6. The highest BCUT2D eigenvalue weighted by Gasteiger charge is 2.16. The highest BCUT2D eigenvalue weighted by atomic mass is 32.2. The number of amides is 1. The fourth-order valence-corrected chi connectivity index (χ4v) is 5.29. The Hall–Kier alpha value is -3.22. The number of para-hydroxylation sites is 1. The van der Waals surface area contributed by atoms with Crippen molar-refractivity contribution >= 4 is 32.8 Å². The molecule has 1 N–H and O–H groups in total. The highest BCUT2D eigenvalue weighted by molar-refractivity contribution is 7.90. The van der Waals surface area contributed by atoms with Crippen LogP contribution < -0.4 is 5.32 Å². The van der Waals surface area contributed by atoms with Gasteiger partial charge in [0, 0.05) is 21.7 Å². The number of benzene rings is 3. The molecule has 0 radical (unpaired) electrons. The van der Waals surface area contributed by atoms with E-state index < -0.39 is 9.84 Å². The first-order chi connectivity index (χ1) is 14.5. The molecule has 150 valence electrons. The Kier molecular flexibility index (Phi) is 5.79. The number of hydrogen-bond donors (Lipinski definition) is 1. The molecule has 0 aliphatic heterocycles. The molecule has 3 aromatic carbocycles. The number of carbonyl (C=O) groups is 1. The van der Waals surface area contributed by atoms with E-state index in [9.17, 15) is 13.2 Å². The molecule has 4 nitrogen and oxygen atoms in total. The first-order valence-corrected chi connectivity index (χ1v) is 11.9. The molecule has 4 aromatic rings. The molecule has 1 amide bonds. The van der Waals surface area contributed by atoms with Gasteiger partial charge in [0.25, 0.3) is 5.91 Å². The van der Waals surface area contributed by atoms with Crippen LogP contribution in [0.25, 0.3) is 10.4 Å². The predicted molar refractivity (Wildman–Crippen MR) is 121 cm³/mol. The van der Waals surface area contributed by atoms with E-state index >= 15 is 0 Å². The molecule has 30 heavy (non-hydrogen) atoms. The van der Waals surface area contributed by atoms with Gasteiger partial charge in [-0.2, -0.15) is 0 Å². The van der Waals surface area contributed by atoms with Gasteiger partial charge < -0.3 is 5.32 Å². The number of sulfone groups is 1. The summed E-state index contributed by atoms with van der Waals surface area (Å²) in [7, 11) is -3.48. The van der Waals surface area contributed by atoms with E-state index in [2.05, 4.69) is 5.32 Å². The summed E-state index contributed by atoms with van der Waals surface area (Å²) in [5.41, 5.74) is 2.64. The third kappa shape index (κ3) is 4.50. The highest BCUT2D eigenvalue weighted by Crippen LogP contribution is 2.31. The molecule has 0 spiro atoms. The van der Waals surface area contributed by atoms with Gasteiger partial charge >= 0.3 is 0 Å². The molecule has 0 aliphatic carbocycles. The molecular formula is C24H19NO3S2. The topological polar surface area (TPSA) is 63.2 Å². The lowest BCUT2D eigenvalue weighted by molar-refractivity contribution is 0.102. The van der Waals surface area contributed by atoms with Crippen LogP contribution in [-0.2, 0) is 15.6 Å². The van der Waals surface area contributed by atoms with E-state index in [1.807, 2.05) is 41.8 Å². The van der Waals surface area contributed by atoms with Crippen molar-refractivity contribution in [2.24, 2.45) is 0 Å². The summed E-state index contributed by atoms with van der Waals surface area (Å²) in [4.78, 5) is 14.2. The molecule has 1 aromatic heterocycles. The standard InChI is InChI=1S/C24H19NO3S2/c26-24(25-22-13-5-4-12-21(22)23-14-7-15-29-23)19-9-6-8-18(16-19)17-30(27,28)20-10-2-1-3-11-20/h1-16H,17H2,(H,25,26). The maximum Gasteiger partial charge on any atom is 0.255 e. The van der Waals surface area contributed by atoms with E-state index in [1.54, 1.807) is 65.9 Å². The second-order valence-corrected chi connectivity index (χ2v) is 9.69. The van der Waals surface area contributed by atoms with E-state index in [4.69, 9.17) is 0 Å². The van der Waals surface area contributed by atoms with Crippen LogP contribution in [0.1, 0.15) is 15.9 Å². The van der Waals surface area contributed by atoms with Crippen LogP contribution in [0.5, 0.6) is 0 Å². The quantitative estimate of drug-likeness (QED) is 0.428. The number of hydrogen-bond acceptors (Lipinski definition) is 4. The van der Waals surface area contributed by atoms with Crippen molar-refractivity contribution < 1.29 is 13.2 Å². The summed E-state index contributed by atoms with van der Waals surface area (Å²) in [6.45, 7) is 0. The van der Waals surface area contributed by atoms with Crippen molar-refractivity contribution in [2.75, 3.05) is 5.32 Å². The summed E-state index contributed by atoms with van der Waals surface area (Å²) in [5, 5.41) is 4.95. The van der Waals surface area contributed by atoms with Gasteiger partial charge in [-0.05, 0) is 47.3 Å². The lowest BCUT2D eigenvalue weighted by Gasteiger charge is -2.11. The maximum absolute atomic E-state index is 12.9. The minimum Gasteiger partial charge on any atom is -0.321 e. The molecular weight excluding hydrogens is 414 g/mol. The van der Waals surface area contributed by atoms with Gasteiger partial charge in [0.15, 0.2) is 9.84 Å². The van der Waals surface area contributed by atoms with Crippen molar-refractivity contribution in [3.8, 4) is 10.4 Å². The van der Waals surface area contributed by atoms with Crippen LogP contribution in [0.4, 0.5) is 5.69 Å². The Balaban J connectivity index is 1.56. The molecule has 0 saturated heterocycles. The van der Waals surface area contributed by atoms with Crippen molar-refractivity contribution in [2.45, 2.75) is 10.6 Å². The van der Waals surface area contributed by atoms with Crippen molar-refractivity contribution in [3.05, 3.63) is 108 Å². The summed E-state index contributed by atoms with van der Waals surface area (Å²) >= 11 is 1.60. The molecule has 1 heterocycles. The Bertz CT molecular complexity index is 1260. The number of anilines is 1. The second kappa shape index (κ2) is 8.65. The lowest BCUT2D eigenvalue weighted by atomic mass is 10.1. The molecule has 0 aliphatic rings. The fourth-order valence-electron chi connectivity index (χ4n) is 3.17.